The molecule has 7 nitrogen and oxygen atoms in total. The summed E-state index contributed by atoms with van der Waals surface area (Å²) in [4.78, 5) is 16.6. The van der Waals surface area contributed by atoms with Crippen LogP contribution in [0.25, 0.3) is 0 Å². The summed E-state index contributed by atoms with van der Waals surface area (Å²) >= 11 is 5.76. The van der Waals surface area contributed by atoms with E-state index in [9.17, 15) is 13.2 Å². The summed E-state index contributed by atoms with van der Waals surface area (Å²) in [6, 6.07) is 14.4. The van der Waals surface area contributed by atoms with Crippen molar-refractivity contribution in [2.75, 3.05) is 18.0 Å². The number of pyridine rings is 1. The van der Waals surface area contributed by atoms with Crippen molar-refractivity contribution in [2.24, 2.45) is 0 Å². The highest BCUT2D eigenvalue weighted by atomic mass is 35.5. The van der Waals surface area contributed by atoms with Gasteiger partial charge in [-0.1, -0.05) is 23.7 Å². The highest BCUT2D eigenvalue weighted by Crippen LogP contribution is 2.26. The Balaban J connectivity index is 1.80. The lowest BCUT2D eigenvalue weighted by molar-refractivity contribution is 0.0471. The molecule has 0 aliphatic heterocycles. The van der Waals surface area contributed by atoms with Crippen LogP contribution in [0.15, 0.2) is 65.7 Å². The quantitative estimate of drug-likeness (QED) is 0.349. The molecule has 9 heteroatoms. The van der Waals surface area contributed by atoms with Crippen molar-refractivity contribution in [1.82, 2.24) is 4.98 Å². The van der Waals surface area contributed by atoms with E-state index in [0.717, 1.165) is 4.31 Å². The van der Waals surface area contributed by atoms with E-state index >= 15 is 0 Å². The summed E-state index contributed by atoms with van der Waals surface area (Å²) in [5.74, 6) is 0.0246. The lowest BCUT2D eigenvalue weighted by Crippen LogP contribution is -2.26. The highest BCUT2D eigenvalue weighted by Gasteiger charge is 2.24. The van der Waals surface area contributed by atoms with Crippen LogP contribution in [0.3, 0.4) is 0 Å². The normalized spacial score (nSPS) is 11.1. The first-order valence-corrected chi connectivity index (χ1v) is 11.6. The molecule has 0 amide bonds. The second-order valence-electron chi connectivity index (χ2n) is 6.94. The molecular formula is C23H23ClN2O5S. The van der Waals surface area contributed by atoms with Gasteiger partial charge in [0.15, 0.2) is 0 Å². The third-order valence-electron chi connectivity index (χ3n) is 4.76. The second-order valence-corrected chi connectivity index (χ2v) is 9.30. The van der Waals surface area contributed by atoms with E-state index in [1.807, 2.05) is 6.92 Å². The van der Waals surface area contributed by atoms with Gasteiger partial charge in [-0.25, -0.2) is 18.2 Å². The molecule has 0 unspecified atom stereocenters. The molecule has 3 rings (SSSR count). The number of aromatic nitrogens is 1. The topological polar surface area (TPSA) is 85.8 Å². The molecule has 0 atom stereocenters. The maximum atomic E-state index is 13.2. The first-order chi connectivity index (χ1) is 15.2. The van der Waals surface area contributed by atoms with Gasteiger partial charge >= 0.3 is 5.97 Å². The summed E-state index contributed by atoms with van der Waals surface area (Å²) in [6.07, 6.45) is 1.51. The van der Waals surface area contributed by atoms with Gasteiger partial charge in [-0.15, -0.1) is 0 Å². The van der Waals surface area contributed by atoms with Gasteiger partial charge in [-0.05, 0) is 61.9 Å². The van der Waals surface area contributed by atoms with E-state index in [-0.39, 0.29) is 17.1 Å². The van der Waals surface area contributed by atoms with Gasteiger partial charge in [0.2, 0.25) is 0 Å². The number of hydrogen-bond donors (Lipinski definition) is 0. The molecule has 0 N–H and O–H groups in total. The fourth-order valence-corrected chi connectivity index (χ4v) is 4.25. The minimum absolute atomic E-state index is 0.00843. The van der Waals surface area contributed by atoms with Crippen molar-refractivity contribution in [1.29, 1.82) is 0 Å². The van der Waals surface area contributed by atoms with E-state index < -0.39 is 16.0 Å². The summed E-state index contributed by atoms with van der Waals surface area (Å²) in [5.41, 5.74) is 1.91. The van der Waals surface area contributed by atoms with Crippen molar-refractivity contribution in [3.05, 3.63) is 82.6 Å². The fraction of sp³-hybridized carbons (Fsp3) is 0.217. The largest absolute Gasteiger partial charge is 0.494 e. The molecule has 2 aromatic carbocycles. The third kappa shape index (κ3) is 5.38. The number of aryl methyl sites for hydroxylation is 1. The fourth-order valence-electron chi connectivity index (χ4n) is 2.92. The average Bonchev–Trinajstić information content (AvgIpc) is 2.79. The predicted octanol–water partition coefficient (Wildman–Crippen LogP) is 4.62. The van der Waals surface area contributed by atoms with E-state index in [2.05, 4.69) is 4.98 Å². The summed E-state index contributed by atoms with van der Waals surface area (Å²) in [5, 5.41) is 0.338. The number of hydrogen-bond acceptors (Lipinski definition) is 6. The van der Waals surface area contributed by atoms with Crippen molar-refractivity contribution in [3.63, 3.8) is 0 Å². The first-order valence-electron chi connectivity index (χ1n) is 9.82. The number of anilines is 1. The molecule has 168 valence electrons. The van der Waals surface area contributed by atoms with Crippen LogP contribution in [0, 0.1) is 6.92 Å². The van der Waals surface area contributed by atoms with Crippen LogP contribution in [0.1, 0.15) is 28.4 Å². The van der Waals surface area contributed by atoms with Gasteiger partial charge in [0.25, 0.3) is 10.0 Å². The van der Waals surface area contributed by atoms with Crippen molar-refractivity contribution in [3.8, 4) is 5.75 Å². The van der Waals surface area contributed by atoms with E-state index in [4.69, 9.17) is 21.1 Å². The monoisotopic (exact) mass is 474 g/mol. The number of carbonyl (C=O) groups is 1. The van der Waals surface area contributed by atoms with Crippen molar-refractivity contribution >= 4 is 33.3 Å². The molecule has 0 saturated carbocycles. The van der Waals surface area contributed by atoms with Crippen molar-refractivity contribution < 1.29 is 22.7 Å². The van der Waals surface area contributed by atoms with Crippen LogP contribution in [-0.2, 0) is 21.4 Å². The maximum Gasteiger partial charge on any atom is 0.338 e. The van der Waals surface area contributed by atoms with Gasteiger partial charge in [0.1, 0.15) is 17.5 Å². The molecule has 3 aromatic rings. The van der Waals surface area contributed by atoms with Crippen LogP contribution in [0.5, 0.6) is 5.75 Å². The Morgan fingerprint density at radius 1 is 1.09 bits per heavy atom. The first kappa shape index (κ1) is 23.6. The molecule has 1 heterocycles. The average molecular weight is 475 g/mol. The molecule has 0 bridgehead atoms. The molecule has 0 radical (unpaired) electrons. The second kappa shape index (κ2) is 10.0. The van der Waals surface area contributed by atoms with E-state index in [0.29, 0.717) is 34.3 Å². The Hall–Kier alpha value is -3.10. The Morgan fingerprint density at radius 2 is 1.81 bits per heavy atom. The lowest BCUT2D eigenvalue weighted by atomic mass is 10.1. The molecule has 0 fully saturated rings. The maximum absolute atomic E-state index is 13.2. The lowest BCUT2D eigenvalue weighted by Gasteiger charge is -2.20. The minimum atomic E-state index is -3.90. The Kier molecular flexibility index (Phi) is 7.37. The molecule has 0 saturated heterocycles. The predicted molar refractivity (Wildman–Crippen MR) is 123 cm³/mol. The van der Waals surface area contributed by atoms with E-state index in [1.165, 1.54) is 25.4 Å². The van der Waals surface area contributed by atoms with Gasteiger partial charge in [0.05, 0.1) is 22.8 Å². The zero-order valence-corrected chi connectivity index (χ0v) is 19.5. The third-order valence-corrected chi connectivity index (χ3v) is 6.76. The zero-order valence-electron chi connectivity index (χ0n) is 17.9. The molecule has 0 aliphatic carbocycles. The van der Waals surface area contributed by atoms with Crippen LogP contribution in [0.4, 0.5) is 5.69 Å². The van der Waals surface area contributed by atoms with Crippen LogP contribution in [0.2, 0.25) is 5.15 Å². The van der Waals surface area contributed by atoms with Crippen LogP contribution in [-0.4, -0.2) is 33.0 Å². The van der Waals surface area contributed by atoms with Gasteiger partial charge < -0.3 is 9.47 Å². The van der Waals surface area contributed by atoms with Crippen LogP contribution < -0.4 is 9.04 Å². The Bertz CT molecular complexity index is 1200. The smallest absolute Gasteiger partial charge is 0.338 e. The number of ether oxygens (including phenoxy) is 2. The Morgan fingerprint density at radius 3 is 2.44 bits per heavy atom. The Labute approximate surface area is 192 Å². The summed E-state index contributed by atoms with van der Waals surface area (Å²) in [7, 11) is -2.45. The number of esters is 1. The molecular weight excluding hydrogens is 452 g/mol. The summed E-state index contributed by atoms with van der Waals surface area (Å²) < 4.78 is 38.2. The number of nitrogens with zero attached hydrogens (tertiary/aromatic N) is 2. The highest BCUT2D eigenvalue weighted by molar-refractivity contribution is 7.92. The molecule has 32 heavy (non-hydrogen) atoms. The number of benzene rings is 2. The van der Waals surface area contributed by atoms with Gasteiger partial charge in [0, 0.05) is 18.8 Å². The van der Waals surface area contributed by atoms with Gasteiger partial charge in [-0.2, -0.15) is 0 Å². The van der Waals surface area contributed by atoms with Crippen LogP contribution >= 0.6 is 11.6 Å². The number of halogens is 1. The van der Waals surface area contributed by atoms with E-state index in [1.54, 1.807) is 49.4 Å². The molecule has 1 aromatic heterocycles. The zero-order chi connectivity index (χ0) is 23.3. The van der Waals surface area contributed by atoms with Crippen molar-refractivity contribution in [2.45, 2.75) is 25.3 Å². The summed E-state index contributed by atoms with van der Waals surface area (Å²) in [6.45, 7) is 4.10. The number of carbonyl (C=O) groups excluding carboxylic acids is 1. The molecule has 0 spiro atoms. The van der Waals surface area contributed by atoms with Gasteiger partial charge in [-0.3, -0.25) is 4.31 Å². The number of rotatable bonds is 8. The minimum Gasteiger partial charge on any atom is -0.494 e. The molecule has 0 aliphatic rings. The SMILES string of the molecule is CCOc1ccc(N(C)S(=O)(=O)c2ccc(C)c(C(=O)OCc3ccc(Cl)nc3)c2)cc1. The number of sulfonamides is 1. The standard InChI is InChI=1S/C23H23ClN2O5S/c1-4-30-19-9-7-18(8-10-19)26(3)32(28,29)20-11-5-16(2)21(13-20)23(27)31-15-17-6-12-22(24)25-14-17/h5-14H,4,15H2,1-3H3.